The number of hydrogen-bond donors (Lipinski definition) is 1. The Labute approximate surface area is 60.6 Å². The van der Waals surface area contributed by atoms with E-state index >= 15 is 0 Å². The lowest BCUT2D eigenvalue weighted by molar-refractivity contribution is -0.119. The molecule has 58 valence electrons. The van der Waals surface area contributed by atoms with Gasteiger partial charge >= 0.3 is 0 Å². The molecule has 0 aliphatic rings. The maximum absolute atomic E-state index is 10.3. The molecule has 2 unspecified atom stereocenters. The molecule has 0 saturated heterocycles. The molecular formula is C7H13NO2. The van der Waals surface area contributed by atoms with Crippen LogP contribution >= 0.6 is 0 Å². The van der Waals surface area contributed by atoms with E-state index in [2.05, 4.69) is 0 Å². The van der Waals surface area contributed by atoms with E-state index in [1.165, 1.54) is 0 Å². The highest BCUT2D eigenvalue weighted by molar-refractivity contribution is 5.74. The Morgan fingerprint density at radius 3 is 2.40 bits per heavy atom. The molecule has 0 aromatic carbocycles. The zero-order chi connectivity index (χ0) is 8.15. The van der Waals surface area contributed by atoms with Crippen LogP contribution in [0.15, 0.2) is 0 Å². The van der Waals surface area contributed by atoms with Crippen LogP contribution < -0.4 is 5.73 Å². The first-order valence-electron chi connectivity index (χ1n) is 3.31. The molecule has 0 heterocycles. The van der Waals surface area contributed by atoms with Crippen molar-refractivity contribution in [2.24, 2.45) is 17.6 Å². The SMILES string of the molecule is CC(C=O)C(C)CC(N)=O. The second-order valence-electron chi connectivity index (χ2n) is 2.64. The summed E-state index contributed by atoms with van der Waals surface area (Å²) in [4.78, 5) is 20.5. The van der Waals surface area contributed by atoms with Crippen molar-refractivity contribution in [3.8, 4) is 0 Å². The quantitative estimate of drug-likeness (QED) is 0.576. The van der Waals surface area contributed by atoms with E-state index in [-0.39, 0.29) is 17.7 Å². The zero-order valence-electron chi connectivity index (χ0n) is 6.33. The summed E-state index contributed by atoms with van der Waals surface area (Å²) < 4.78 is 0. The normalized spacial score (nSPS) is 15.8. The fraction of sp³-hybridized carbons (Fsp3) is 0.714. The van der Waals surface area contributed by atoms with Crippen molar-refractivity contribution < 1.29 is 9.59 Å². The summed E-state index contributed by atoms with van der Waals surface area (Å²) in [7, 11) is 0. The summed E-state index contributed by atoms with van der Waals surface area (Å²) >= 11 is 0. The van der Waals surface area contributed by atoms with Crippen molar-refractivity contribution in [2.75, 3.05) is 0 Å². The molecular weight excluding hydrogens is 130 g/mol. The maximum atomic E-state index is 10.3. The van der Waals surface area contributed by atoms with Gasteiger partial charge in [0.15, 0.2) is 0 Å². The summed E-state index contributed by atoms with van der Waals surface area (Å²) in [6.07, 6.45) is 1.13. The minimum absolute atomic E-state index is 0.0648. The predicted molar refractivity (Wildman–Crippen MR) is 38.2 cm³/mol. The van der Waals surface area contributed by atoms with E-state index in [0.29, 0.717) is 6.42 Å². The topological polar surface area (TPSA) is 60.2 Å². The monoisotopic (exact) mass is 143 g/mol. The van der Waals surface area contributed by atoms with Gasteiger partial charge in [0, 0.05) is 12.3 Å². The lowest BCUT2D eigenvalue weighted by Crippen LogP contribution is -2.19. The smallest absolute Gasteiger partial charge is 0.217 e. The Balaban J connectivity index is 3.71. The Hall–Kier alpha value is -0.860. The number of carbonyl (C=O) groups is 2. The third-order valence-electron chi connectivity index (χ3n) is 1.64. The molecule has 0 aliphatic carbocycles. The molecule has 0 fully saturated rings. The summed E-state index contributed by atoms with van der Waals surface area (Å²) in [6.45, 7) is 3.62. The van der Waals surface area contributed by atoms with Crippen molar-refractivity contribution in [1.82, 2.24) is 0 Å². The molecule has 0 aliphatic heterocycles. The maximum Gasteiger partial charge on any atom is 0.217 e. The van der Waals surface area contributed by atoms with Crippen LogP contribution in [0, 0.1) is 11.8 Å². The lowest BCUT2D eigenvalue weighted by Gasteiger charge is -2.10. The standard InChI is InChI=1S/C7H13NO2/c1-5(3-7(8)10)6(2)4-9/h4-6H,3H2,1-2H3,(H2,8,10). The second kappa shape index (κ2) is 4.04. The summed E-state index contributed by atoms with van der Waals surface area (Å²) in [6, 6.07) is 0. The van der Waals surface area contributed by atoms with Crippen LogP contribution in [0.5, 0.6) is 0 Å². The predicted octanol–water partition coefficient (Wildman–Crippen LogP) is 0.333. The van der Waals surface area contributed by atoms with Gasteiger partial charge in [-0.05, 0) is 5.92 Å². The van der Waals surface area contributed by atoms with Crippen LogP contribution in [0.2, 0.25) is 0 Å². The summed E-state index contributed by atoms with van der Waals surface area (Å²) in [5.41, 5.74) is 4.93. The molecule has 3 heteroatoms. The van der Waals surface area contributed by atoms with Crippen molar-refractivity contribution in [2.45, 2.75) is 20.3 Å². The van der Waals surface area contributed by atoms with E-state index in [0.717, 1.165) is 6.29 Å². The molecule has 2 N–H and O–H groups in total. The van der Waals surface area contributed by atoms with Crippen molar-refractivity contribution in [1.29, 1.82) is 0 Å². The Bertz CT molecular complexity index is 134. The molecule has 3 nitrogen and oxygen atoms in total. The lowest BCUT2D eigenvalue weighted by atomic mass is 9.94. The molecule has 0 saturated carbocycles. The summed E-state index contributed by atoms with van der Waals surface area (Å²) in [5, 5.41) is 0. The molecule has 0 rings (SSSR count). The highest BCUT2D eigenvalue weighted by Crippen LogP contribution is 2.11. The number of carbonyl (C=O) groups excluding carboxylic acids is 2. The number of primary amides is 1. The van der Waals surface area contributed by atoms with Gasteiger partial charge in [0.25, 0.3) is 0 Å². The first kappa shape index (κ1) is 9.14. The number of nitrogens with two attached hydrogens (primary N) is 1. The van der Waals surface area contributed by atoms with Crippen molar-refractivity contribution >= 4 is 12.2 Å². The molecule has 10 heavy (non-hydrogen) atoms. The first-order chi connectivity index (χ1) is 4.57. The Morgan fingerprint density at radius 1 is 1.60 bits per heavy atom. The van der Waals surface area contributed by atoms with E-state index in [1.807, 2.05) is 6.92 Å². The highest BCUT2D eigenvalue weighted by atomic mass is 16.1. The zero-order valence-corrected chi connectivity index (χ0v) is 6.33. The van der Waals surface area contributed by atoms with Gasteiger partial charge in [0.1, 0.15) is 6.29 Å². The van der Waals surface area contributed by atoms with Crippen LogP contribution in [0.3, 0.4) is 0 Å². The largest absolute Gasteiger partial charge is 0.370 e. The van der Waals surface area contributed by atoms with Crippen molar-refractivity contribution in [3.63, 3.8) is 0 Å². The number of amides is 1. The number of hydrogen-bond acceptors (Lipinski definition) is 2. The molecule has 0 spiro atoms. The van der Waals surface area contributed by atoms with Crippen molar-refractivity contribution in [3.05, 3.63) is 0 Å². The average molecular weight is 143 g/mol. The van der Waals surface area contributed by atoms with E-state index in [1.54, 1.807) is 6.92 Å². The minimum atomic E-state index is -0.346. The van der Waals surface area contributed by atoms with Gasteiger partial charge in [-0.3, -0.25) is 4.79 Å². The molecule has 0 bridgehead atoms. The third kappa shape index (κ3) is 3.22. The molecule has 2 atom stereocenters. The van der Waals surface area contributed by atoms with Gasteiger partial charge in [0.05, 0.1) is 0 Å². The fourth-order valence-electron chi connectivity index (χ4n) is 0.637. The van der Waals surface area contributed by atoms with Crippen LogP contribution in [0.25, 0.3) is 0 Å². The van der Waals surface area contributed by atoms with E-state index in [4.69, 9.17) is 5.73 Å². The van der Waals surface area contributed by atoms with E-state index in [9.17, 15) is 9.59 Å². The molecule has 1 amide bonds. The van der Waals surface area contributed by atoms with Gasteiger partial charge in [-0.25, -0.2) is 0 Å². The number of rotatable bonds is 4. The molecule has 0 radical (unpaired) electrons. The van der Waals surface area contributed by atoms with Gasteiger partial charge in [-0.1, -0.05) is 13.8 Å². The van der Waals surface area contributed by atoms with Gasteiger partial charge < -0.3 is 10.5 Å². The van der Waals surface area contributed by atoms with Crippen LogP contribution in [0.4, 0.5) is 0 Å². The molecule has 0 aromatic rings. The van der Waals surface area contributed by atoms with Crippen LogP contribution in [0.1, 0.15) is 20.3 Å². The summed E-state index contributed by atoms with van der Waals surface area (Å²) in [5.74, 6) is -0.358. The fourth-order valence-corrected chi connectivity index (χ4v) is 0.637. The van der Waals surface area contributed by atoms with Gasteiger partial charge in [-0.2, -0.15) is 0 Å². The van der Waals surface area contributed by atoms with Crippen LogP contribution in [-0.2, 0) is 9.59 Å². The van der Waals surface area contributed by atoms with Crippen LogP contribution in [-0.4, -0.2) is 12.2 Å². The van der Waals surface area contributed by atoms with Gasteiger partial charge in [0.2, 0.25) is 5.91 Å². The van der Waals surface area contributed by atoms with E-state index < -0.39 is 0 Å². The third-order valence-corrected chi connectivity index (χ3v) is 1.64. The first-order valence-corrected chi connectivity index (χ1v) is 3.31. The Kier molecular flexibility index (Phi) is 3.69. The minimum Gasteiger partial charge on any atom is -0.370 e. The molecule has 0 aromatic heterocycles. The second-order valence-corrected chi connectivity index (χ2v) is 2.64. The van der Waals surface area contributed by atoms with Gasteiger partial charge in [-0.15, -0.1) is 0 Å². The Morgan fingerprint density at radius 2 is 2.10 bits per heavy atom. The highest BCUT2D eigenvalue weighted by Gasteiger charge is 2.12. The average Bonchev–Trinajstić information content (AvgIpc) is 1.85. The number of aldehydes is 1.